The van der Waals surface area contributed by atoms with Crippen molar-refractivity contribution in [3.63, 3.8) is 0 Å². The molecule has 2 heterocycles. The standard InChI is InChI=1S/C20H22ClN3O5/c1-12-11-17(23-29-12)22-18(25)13(2)28-20(27)15-7-9-24(10-8-15)19(26)14-3-5-16(21)6-4-14/h3-6,11,13,15H,7-10H2,1-2H3,(H,22,23,25)/t13-/m0/s1. The van der Waals surface area contributed by atoms with Crippen molar-refractivity contribution in [2.75, 3.05) is 18.4 Å². The molecule has 3 rings (SSSR count). The summed E-state index contributed by atoms with van der Waals surface area (Å²) in [7, 11) is 0. The molecule has 0 saturated carbocycles. The number of nitrogens with zero attached hydrogens (tertiary/aromatic N) is 2. The maximum atomic E-state index is 12.5. The number of carbonyl (C=O) groups is 3. The molecular weight excluding hydrogens is 398 g/mol. The number of ether oxygens (including phenoxy) is 1. The van der Waals surface area contributed by atoms with Crippen molar-refractivity contribution in [2.24, 2.45) is 5.92 Å². The Kier molecular flexibility index (Phi) is 6.53. The van der Waals surface area contributed by atoms with Crippen molar-refractivity contribution in [3.8, 4) is 0 Å². The molecule has 2 amide bonds. The molecule has 1 aromatic heterocycles. The molecular formula is C20H22ClN3O5. The summed E-state index contributed by atoms with van der Waals surface area (Å²) in [5.41, 5.74) is 0.559. The lowest BCUT2D eigenvalue weighted by Crippen LogP contribution is -2.41. The van der Waals surface area contributed by atoms with Crippen LogP contribution in [0, 0.1) is 12.8 Å². The molecule has 0 spiro atoms. The van der Waals surface area contributed by atoms with Crippen LogP contribution in [0.2, 0.25) is 5.02 Å². The maximum Gasteiger partial charge on any atom is 0.309 e. The van der Waals surface area contributed by atoms with Crippen LogP contribution in [0.15, 0.2) is 34.9 Å². The van der Waals surface area contributed by atoms with Gasteiger partial charge in [0.25, 0.3) is 11.8 Å². The van der Waals surface area contributed by atoms with E-state index in [2.05, 4.69) is 10.5 Å². The van der Waals surface area contributed by atoms with Crippen molar-refractivity contribution < 1.29 is 23.6 Å². The van der Waals surface area contributed by atoms with E-state index in [0.717, 1.165) is 0 Å². The fraction of sp³-hybridized carbons (Fsp3) is 0.400. The molecule has 1 aliphatic rings. The number of rotatable bonds is 5. The molecule has 1 aromatic carbocycles. The smallest absolute Gasteiger partial charge is 0.309 e. The van der Waals surface area contributed by atoms with Gasteiger partial charge in [-0.15, -0.1) is 0 Å². The Hall–Kier alpha value is -2.87. The summed E-state index contributed by atoms with van der Waals surface area (Å²) in [6.07, 6.45) is -0.00233. The van der Waals surface area contributed by atoms with E-state index in [-0.39, 0.29) is 17.6 Å². The number of nitrogens with one attached hydrogen (secondary N) is 1. The van der Waals surface area contributed by atoms with Gasteiger partial charge < -0.3 is 19.5 Å². The molecule has 2 aromatic rings. The van der Waals surface area contributed by atoms with Gasteiger partial charge in [0.05, 0.1) is 5.92 Å². The minimum atomic E-state index is -0.965. The number of carbonyl (C=O) groups excluding carboxylic acids is 3. The highest BCUT2D eigenvalue weighted by Crippen LogP contribution is 2.22. The van der Waals surface area contributed by atoms with E-state index in [1.165, 1.54) is 6.92 Å². The average molecular weight is 420 g/mol. The summed E-state index contributed by atoms with van der Waals surface area (Å²) < 4.78 is 10.2. The highest BCUT2D eigenvalue weighted by atomic mass is 35.5. The molecule has 1 aliphatic heterocycles. The Bertz CT molecular complexity index is 888. The Labute approximate surface area is 173 Å². The summed E-state index contributed by atoms with van der Waals surface area (Å²) in [5.74, 6) is -0.545. The lowest BCUT2D eigenvalue weighted by molar-refractivity contribution is -0.158. The van der Waals surface area contributed by atoms with Gasteiger partial charge in [-0.25, -0.2) is 0 Å². The Balaban J connectivity index is 1.47. The Morgan fingerprint density at radius 1 is 1.24 bits per heavy atom. The lowest BCUT2D eigenvalue weighted by atomic mass is 9.96. The zero-order chi connectivity index (χ0) is 21.0. The first kappa shape index (κ1) is 20.9. The molecule has 29 heavy (non-hydrogen) atoms. The van der Waals surface area contributed by atoms with Crippen molar-refractivity contribution in [2.45, 2.75) is 32.8 Å². The van der Waals surface area contributed by atoms with Gasteiger partial charge >= 0.3 is 5.97 Å². The molecule has 1 atom stereocenters. The zero-order valence-corrected chi connectivity index (χ0v) is 16.9. The third-order valence-corrected chi connectivity index (χ3v) is 5.00. The van der Waals surface area contributed by atoms with E-state index in [1.54, 1.807) is 42.2 Å². The molecule has 9 heteroatoms. The summed E-state index contributed by atoms with van der Waals surface area (Å²) in [6, 6.07) is 8.28. The van der Waals surface area contributed by atoms with Crippen LogP contribution in [0.3, 0.4) is 0 Å². The van der Waals surface area contributed by atoms with E-state index in [4.69, 9.17) is 20.9 Å². The van der Waals surface area contributed by atoms with Gasteiger partial charge in [0, 0.05) is 29.7 Å². The molecule has 8 nitrogen and oxygen atoms in total. The largest absolute Gasteiger partial charge is 0.452 e. The van der Waals surface area contributed by atoms with E-state index < -0.39 is 18.0 Å². The summed E-state index contributed by atoms with van der Waals surface area (Å²) in [6.45, 7) is 4.09. The third kappa shape index (κ3) is 5.35. The van der Waals surface area contributed by atoms with Gasteiger partial charge in [-0.1, -0.05) is 16.8 Å². The van der Waals surface area contributed by atoms with E-state index in [9.17, 15) is 14.4 Å². The molecule has 0 bridgehead atoms. The van der Waals surface area contributed by atoms with Gasteiger partial charge in [0.15, 0.2) is 11.9 Å². The maximum absolute atomic E-state index is 12.5. The van der Waals surface area contributed by atoms with Gasteiger partial charge in [0.1, 0.15) is 5.76 Å². The first-order valence-corrected chi connectivity index (χ1v) is 9.71. The highest BCUT2D eigenvalue weighted by Gasteiger charge is 2.31. The van der Waals surface area contributed by atoms with Crippen LogP contribution in [0.4, 0.5) is 5.82 Å². The van der Waals surface area contributed by atoms with Crippen LogP contribution >= 0.6 is 11.6 Å². The van der Waals surface area contributed by atoms with Crippen LogP contribution in [-0.4, -0.2) is 47.0 Å². The third-order valence-electron chi connectivity index (χ3n) is 4.75. The van der Waals surface area contributed by atoms with E-state index in [0.29, 0.717) is 42.3 Å². The molecule has 154 valence electrons. The number of hydrogen-bond donors (Lipinski definition) is 1. The predicted octanol–water partition coefficient (Wildman–Crippen LogP) is 3.06. The molecule has 0 unspecified atom stereocenters. The van der Waals surface area contributed by atoms with Crippen molar-refractivity contribution >= 4 is 35.2 Å². The average Bonchev–Trinajstić information content (AvgIpc) is 3.12. The number of esters is 1. The zero-order valence-electron chi connectivity index (χ0n) is 16.2. The van der Waals surface area contributed by atoms with Crippen molar-refractivity contribution in [1.29, 1.82) is 0 Å². The number of piperidine rings is 1. The predicted molar refractivity (Wildman–Crippen MR) is 106 cm³/mol. The summed E-state index contributed by atoms with van der Waals surface area (Å²) in [4.78, 5) is 38.8. The van der Waals surface area contributed by atoms with E-state index in [1.807, 2.05) is 0 Å². The van der Waals surface area contributed by atoms with Crippen molar-refractivity contribution in [3.05, 3.63) is 46.7 Å². The molecule has 0 aliphatic carbocycles. The normalized spacial score (nSPS) is 15.6. The lowest BCUT2D eigenvalue weighted by Gasteiger charge is -2.31. The second kappa shape index (κ2) is 9.09. The van der Waals surface area contributed by atoms with Crippen molar-refractivity contribution in [1.82, 2.24) is 10.1 Å². The Morgan fingerprint density at radius 3 is 2.48 bits per heavy atom. The van der Waals surface area contributed by atoms with Gasteiger partial charge in [0.2, 0.25) is 0 Å². The topological polar surface area (TPSA) is 102 Å². The summed E-state index contributed by atoms with van der Waals surface area (Å²) in [5, 5.41) is 6.77. The number of aryl methyl sites for hydroxylation is 1. The molecule has 1 N–H and O–H groups in total. The van der Waals surface area contributed by atoms with E-state index >= 15 is 0 Å². The van der Waals surface area contributed by atoms with Gasteiger partial charge in [-0.3, -0.25) is 14.4 Å². The second-order valence-electron chi connectivity index (χ2n) is 6.96. The monoisotopic (exact) mass is 419 g/mol. The summed E-state index contributed by atoms with van der Waals surface area (Å²) >= 11 is 5.85. The fourth-order valence-electron chi connectivity index (χ4n) is 3.07. The highest BCUT2D eigenvalue weighted by molar-refractivity contribution is 6.30. The molecule has 0 radical (unpaired) electrons. The number of anilines is 1. The number of aromatic nitrogens is 1. The van der Waals surface area contributed by atoms with Crippen LogP contribution < -0.4 is 5.32 Å². The Morgan fingerprint density at radius 2 is 1.90 bits per heavy atom. The second-order valence-corrected chi connectivity index (χ2v) is 7.40. The van der Waals surface area contributed by atoms with Gasteiger partial charge in [-0.05, 0) is 51.0 Å². The number of halogens is 1. The fourth-order valence-corrected chi connectivity index (χ4v) is 3.20. The quantitative estimate of drug-likeness (QED) is 0.747. The number of hydrogen-bond acceptors (Lipinski definition) is 6. The first-order chi connectivity index (χ1) is 13.8. The minimum Gasteiger partial charge on any atom is -0.452 e. The SMILES string of the molecule is Cc1cc(NC(=O)[C@H](C)OC(=O)C2CCN(C(=O)c3ccc(Cl)cc3)CC2)no1. The van der Waals surface area contributed by atoms with Crippen LogP contribution in [-0.2, 0) is 14.3 Å². The van der Waals surface area contributed by atoms with Gasteiger partial charge in [-0.2, -0.15) is 0 Å². The van der Waals surface area contributed by atoms with Crippen LogP contribution in [0.25, 0.3) is 0 Å². The minimum absolute atomic E-state index is 0.0934. The molecule has 1 fully saturated rings. The van der Waals surface area contributed by atoms with Crippen LogP contribution in [0.5, 0.6) is 0 Å². The molecule has 1 saturated heterocycles. The number of benzene rings is 1. The number of amides is 2. The number of likely N-dealkylation sites (tertiary alicyclic amines) is 1. The van der Waals surface area contributed by atoms with Crippen LogP contribution in [0.1, 0.15) is 35.9 Å². The first-order valence-electron chi connectivity index (χ1n) is 9.33.